The lowest BCUT2D eigenvalue weighted by atomic mass is 9.99. The highest BCUT2D eigenvalue weighted by atomic mass is 16.7. The number of ether oxygens (including phenoxy) is 4. The highest BCUT2D eigenvalue weighted by Crippen LogP contribution is 2.26. The molecule has 0 saturated carbocycles. The van der Waals surface area contributed by atoms with Gasteiger partial charge in [0.25, 0.3) is 0 Å². The van der Waals surface area contributed by atoms with Crippen LogP contribution in [0.4, 0.5) is 4.79 Å². The predicted octanol–water partition coefficient (Wildman–Crippen LogP) is 1.64. The highest BCUT2D eigenvalue weighted by Gasteiger charge is 2.30. The second-order valence-electron chi connectivity index (χ2n) is 8.43. The topological polar surface area (TPSA) is 160 Å². The van der Waals surface area contributed by atoms with Crippen molar-refractivity contribution in [2.75, 3.05) is 0 Å². The summed E-state index contributed by atoms with van der Waals surface area (Å²) in [6.45, 7) is 7.93. The van der Waals surface area contributed by atoms with Crippen molar-refractivity contribution in [3.63, 3.8) is 0 Å². The van der Waals surface area contributed by atoms with E-state index in [2.05, 4.69) is 5.32 Å². The number of nitrogens with two attached hydrogens (primary N) is 1. The summed E-state index contributed by atoms with van der Waals surface area (Å²) in [5, 5.41) is 2.40. The van der Waals surface area contributed by atoms with Crippen LogP contribution in [0, 0.1) is 5.92 Å². The van der Waals surface area contributed by atoms with Gasteiger partial charge in [-0.05, 0) is 31.5 Å². The molecule has 0 saturated heterocycles. The molecule has 0 radical (unpaired) electrons. The summed E-state index contributed by atoms with van der Waals surface area (Å²) in [5.41, 5.74) is 6.35. The average molecular weight is 478 g/mol. The third-order valence-corrected chi connectivity index (χ3v) is 4.65. The Morgan fingerprint density at radius 1 is 1.06 bits per heavy atom. The van der Waals surface area contributed by atoms with Gasteiger partial charge in [0.05, 0.1) is 30.0 Å². The molecule has 11 nitrogen and oxygen atoms in total. The monoisotopic (exact) mass is 478 g/mol. The maximum atomic E-state index is 12.6. The maximum absolute atomic E-state index is 12.6. The first-order valence-corrected chi connectivity index (χ1v) is 10.9. The van der Waals surface area contributed by atoms with Gasteiger partial charge in [0.1, 0.15) is 11.8 Å². The molecular weight excluding hydrogens is 448 g/mol. The Morgan fingerprint density at radius 3 is 2.35 bits per heavy atom. The van der Waals surface area contributed by atoms with E-state index in [4.69, 9.17) is 24.7 Å². The number of Topliss-reactive ketones (excluding diaryl/α,β-unsaturated/α-hetero) is 1. The van der Waals surface area contributed by atoms with Crippen LogP contribution >= 0.6 is 0 Å². The summed E-state index contributed by atoms with van der Waals surface area (Å²) in [6.07, 6.45) is -2.95. The van der Waals surface area contributed by atoms with Crippen molar-refractivity contribution in [1.82, 2.24) is 5.32 Å². The minimum absolute atomic E-state index is 0.0215. The Balaban J connectivity index is 2.18. The van der Waals surface area contributed by atoms with Gasteiger partial charge in [-0.1, -0.05) is 19.9 Å². The number of fused-ring (bicyclic) bond motifs is 1. The van der Waals surface area contributed by atoms with Gasteiger partial charge in [0.2, 0.25) is 6.29 Å². The normalized spacial score (nSPS) is 17.2. The maximum Gasteiger partial charge on any atom is 0.410 e. The third-order valence-electron chi connectivity index (χ3n) is 4.65. The van der Waals surface area contributed by atoms with Gasteiger partial charge >= 0.3 is 24.0 Å². The zero-order valence-electron chi connectivity index (χ0n) is 19.8. The van der Waals surface area contributed by atoms with Crippen LogP contribution in [0.3, 0.4) is 0 Å². The molecule has 0 aromatic heterocycles. The SMILES string of the molecule is CC(C)OC(=O)[C@H](Cc1ccc2c(c1)OC(=O)CC(N)C2=O)NC(=O)OC(C)OC(=O)C(C)C. The predicted molar refractivity (Wildman–Crippen MR) is 118 cm³/mol. The molecule has 3 atom stereocenters. The molecular formula is C23H30N2O9. The van der Waals surface area contributed by atoms with E-state index in [9.17, 15) is 24.0 Å². The molecule has 186 valence electrons. The summed E-state index contributed by atoms with van der Waals surface area (Å²) in [6, 6.07) is 2.25. The van der Waals surface area contributed by atoms with Gasteiger partial charge in [-0.25, -0.2) is 9.59 Å². The standard InChI is InChI=1S/C23H30N2O9/c1-11(2)21(28)32-13(5)33-23(30)25-17(22(29)31-12(3)4)8-14-6-7-15-18(9-14)34-19(26)10-16(24)20(15)27/h6-7,9,11-13,16-17H,8,10,24H2,1-5H3,(H,25,30)/t13?,16?,17-/m0/s1. The van der Waals surface area contributed by atoms with Crippen LogP contribution in [0.5, 0.6) is 5.75 Å². The van der Waals surface area contributed by atoms with Crippen LogP contribution in [-0.4, -0.2) is 54.3 Å². The molecule has 2 unspecified atom stereocenters. The molecule has 1 aliphatic rings. The van der Waals surface area contributed by atoms with E-state index in [0.717, 1.165) is 0 Å². The number of nitrogens with one attached hydrogen (secondary N) is 1. The summed E-state index contributed by atoms with van der Waals surface area (Å²) in [7, 11) is 0. The Bertz CT molecular complexity index is 958. The molecule has 2 rings (SSSR count). The lowest BCUT2D eigenvalue weighted by Crippen LogP contribution is -2.45. The average Bonchev–Trinajstić information content (AvgIpc) is 2.81. The summed E-state index contributed by atoms with van der Waals surface area (Å²) >= 11 is 0. The van der Waals surface area contributed by atoms with Gasteiger partial charge < -0.3 is 30.0 Å². The van der Waals surface area contributed by atoms with Crippen molar-refractivity contribution in [2.45, 2.75) is 71.9 Å². The van der Waals surface area contributed by atoms with Gasteiger partial charge in [-0.2, -0.15) is 0 Å². The summed E-state index contributed by atoms with van der Waals surface area (Å²) < 4.78 is 20.4. The minimum atomic E-state index is -1.18. The lowest BCUT2D eigenvalue weighted by molar-refractivity contribution is -0.169. The second-order valence-corrected chi connectivity index (χ2v) is 8.43. The first-order chi connectivity index (χ1) is 15.9. The molecule has 0 bridgehead atoms. The van der Waals surface area contributed by atoms with Gasteiger partial charge in [0.15, 0.2) is 5.78 Å². The number of amides is 1. The summed E-state index contributed by atoms with van der Waals surface area (Å²) in [4.78, 5) is 60.9. The zero-order chi connectivity index (χ0) is 25.6. The fourth-order valence-corrected chi connectivity index (χ4v) is 3.01. The van der Waals surface area contributed by atoms with Crippen molar-refractivity contribution >= 4 is 29.8 Å². The van der Waals surface area contributed by atoms with E-state index in [1.54, 1.807) is 33.8 Å². The number of esters is 3. The second kappa shape index (κ2) is 11.6. The van der Waals surface area contributed by atoms with Crippen LogP contribution in [-0.2, 0) is 35.0 Å². The van der Waals surface area contributed by atoms with E-state index >= 15 is 0 Å². The van der Waals surface area contributed by atoms with E-state index in [1.807, 2.05) is 0 Å². The number of hydrogen-bond acceptors (Lipinski definition) is 10. The zero-order valence-corrected chi connectivity index (χ0v) is 19.8. The highest BCUT2D eigenvalue weighted by molar-refractivity contribution is 6.05. The smallest absolute Gasteiger partial charge is 0.410 e. The Kier molecular flexibility index (Phi) is 9.13. The molecule has 34 heavy (non-hydrogen) atoms. The van der Waals surface area contributed by atoms with Gasteiger partial charge in [-0.3, -0.25) is 14.4 Å². The molecule has 0 spiro atoms. The van der Waals surface area contributed by atoms with Crippen molar-refractivity contribution < 1.29 is 42.9 Å². The van der Waals surface area contributed by atoms with Crippen LogP contribution in [0.15, 0.2) is 18.2 Å². The summed E-state index contributed by atoms with van der Waals surface area (Å²) in [5.74, 6) is -2.76. The van der Waals surface area contributed by atoms with E-state index in [-0.39, 0.29) is 24.2 Å². The molecule has 1 aromatic carbocycles. The van der Waals surface area contributed by atoms with E-state index < -0.39 is 60.2 Å². The minimum Gasteiger partial charge on any atom is -0.461 e. The number of ketones is 1. The van der Waals surface area contributed by atoms with Crippen LogP contribution in [0.2, 0.25) is 0 Å². The van der Waals surface area contributed by atoms with Crippen LogP contribution < -0.4 is 15.8 Å². The van der Waals surface area contributed by atoms with Crippen molar-refractivity contribution in [3.05, 3.63) is 29.3 Å². The van der Waals surface area contributed by atoms with Gasteiger partial charge in [-0.15, -0.1) is 0 Å². The number of alkyl carbamates (subject to hydrolysis) is 1. The first kappa shape index (κ1) is 26.8. The molecule has 1 aliphatic heterocycles. The largest absolute Gasteiger partial charge is 0.461 e. The van der Waals surface area contributed by atoms with Gasteiger partial charge in [0, 0.05) is 13.3 Å². The molecule has 11 heteroatoms. The number of carbonyl (C=O) groups excluding carboxylic acids is 5. The quantitative estimate of drug-likeness (QED) is 0.319. The van der Waals surface area contributed by atoms with Crippen molar-refractivity contribution in [2.24, 2.45) is 11.7 Å². The Hall–Kier alpha value is -3.47. The lowest BCUT2D eigenvalue weighted by Gasteiger charge is -2.21. The fourth-order valence-electron chi connectivity index (χ4n) is 3.01. The Labute approximate surface area is 197 Å². The Morgan fingerprint density at radius 2 is 1.74 bits per heavy atom. The van der Waals surface area contributed by atoms with Crippen LogP contribution in [0.1, 0.15) is 57.0 Å². The number of carbonyl (C=O) groups is 5. The number of rotatable bonds is 8. The molecule has 1 aromatic rings. The molecule has 1 amide bonds. The molecule has 0 aliphatic carbocycles. The molecule has 1 heterocycles. The van der Waals surface area contributed by atoms with E-state index in [1.165, 1.54) is 19.1 Å². The molecule has 0 fully saturated rings. The van der Waals surface area contributed by atoms with Crippen molar-refractivity contribution in [3.8, 4) is 5.75 Å². The van der Waals surface area contributed by atoms with Crippen LogP contribution in [0.25, 0.3) is 0 Å². The van der Waals surface area contributed by atoms with Crippen molar-refractivity contribution in [1.29, 1.82) is 0 Å². The fraction of sp³-hybridized carbons (Fsp3) is 0.522. The molecule has 3 N–H and O–H groups in total. The number of hydrogen-bond donors (Lipinski definition) is 2. The van der Waals surface area contributed by atoms with E-state index in [0.29, 0.717) is 5.56 Å². The number of benzene rings is 1. The first-order valence-electron chi connectivity index (χ1n) is 10.9. The third kappa shape index (κ3) is 7.55.